The van der Waals surface area contributed by atoms with E-state index in [2.05, 4.69) is 26.1 Å². The highest BCUT2D eigenvalue weighted by Gasteiger charge is 2.48. The minimum absolute atomic E-state index is 0.00528. The topological polar surface area (TPSA) is 83.4 Å². The average molecular weight is 647 g/mol. The van der Waals surface area contributed by atoms with Gasteiger partial charge < -0.3 is 5.11 Å². The normalized spacial score (nSPS) is 16.8. The minimum Gasteiger partial charge on any atom is -0.507 e. The number of amides is 1. The molecule has 1 aromatic heterocycles. The van der Waals surface area contributed by atoms with Crippen LogP contribution in [-0.4, -0.2) is 27.0 Å². The van der Waals surface area contributed by atoms with Crippen molar-refractivity contribution < 1.29 is 14.7 Å². The zero-order chi connectivity index (χ0) is 27.0. The first-order valence-electron chi connectivity index (χ1n) is 11.3. The van der Waals surface area contributed by atoms with Gasteiger partial charge in [0.2, 0.25) is 5.13 Å². The standard InChI is InChI=1S/C27H18BrCl2N3O3S2/c1-14-5-7-15(8-6-14)23(34)21-22(16-3-2-4-18(28)11-16)33(25(36)24(21)35)26-31-32-27(38-26)37-13-17-9-10-19(29)12-20(17)30/h2-12,22,34H,13H2,1H3/b23-21-. The molecule has 5 rings (SSSR count). The largest absolute Gasteiger partial charge is 0.507 e. The van der Waals surface area contributed by atoms with Gasteiger partial charge in [-0.25, -0.2) is 0 Å². The van der Waals surface area contributed by atoms with E-state index in [-0.39, 0.29) is 16.5 Å². The average Bonchev–Trinajstić information content (AvgIpc) is 3.45. The summed E-state index contributed by atoms with van der Waals surface area (Å²) in [4.78, 5) is 28.0. The van der Waals surface area contributed by atoms with Crippen LogP contribution in [-0.2, 0) is 15.3 Å². The second-order valence-electron chi connectivity index (χ2n) is 8.47. The molecule has 1 fully saturated rings. The van der Waals surface area contributed by atoms with Gasteiger partial charge in [-0.2, -0.15) is 0 Å². The number of hydrogen-bond donors (Lipinski definition) is 1. The van der Waals surface area contributed by atoms with Crippen LogP contribution in [0.4, 0.5) is 5.13 Å². The first-order chi connectivity index (χ1) is 18.2. The summed E-state index contributed by atoms with van der Waals surface area (Å²) in [7, 11) is 0. The van der Waals surface area contributed by atoms with E-state index in [1.165, 1.54) is 28.0 Å². The molecule has 38 heavy (non-hydrogen) atoms. The molecule has 3 aromatic carbocycles. The molecule has 1 aliphatic rings. The van der Waals surface area contributed by atoms with E-state index < -0.39 is 17.7 Å². The zero-order valence-corrected chi connectivity index (χ0v) is 24.4. The quantitative estimate of drug-likeness (QED) is 0.0756. The van der Waals surface area contributed by atoms with Crippen molar-refractivity contribution in [2.45, 2.75) is 23.1 Å². The highest BCUT2D eigenvalue weighted by atomic mass is 79.9. The third-order valence-corrected chi connectivity index (χ3v) is 9.09. The van der Waals surface area contributed by atoms with Crippen molar-refractivity contribution in [2.24, 2.45) is 0 Å². The number of benzene rings is 3. The molecule has 1 atom stereocenters. The van der Waals surface area contributed by atoms with Crippen LogP contribution in [0.15, 0.2) is 81.1 Å². The first kappa shape index (κ1) is 26.9. The second kappa shape index (κ2) is 11.2. The minimum atomic E-state index is -0.884. The lowest BCUT2D eigenvalue weighted by molar-refractivity contribution is -0.132. The summed E-state index contributed by atoms with van der Waals surface area (Å²) in [6, 6.07) is 18.8. The number of Topliss-reactive ketones (excluding diaryl/α,β-unsaturated/α-hetero) is 1. The Labute approximate surface area is 245 Å². The second-order valence-corrected chi connectivity index (χ2v) is 12.4. The lowest BCUT2D eigenvalue weighted by atomic mass is 9.95. The number of thioether (sulfide) groups is 1. The number of halogens is 3. The highest BCUT2D eigenvalue weighted by Crippen LogP contribution is 2.44. The lowest BCUT2D eigenvalue weighted by Gasteiger charge is -2.22. The maximum absolute atomic E-state index is 13.4. The molecule has 1 saturated heterocycles. The number of aliphatic hydroxyl groups is 1. The SMILES string of the molecule is Cc1ccc(/C(O)=C2/C(=O)C(=O)N(c3nnc(SCc4ccc(Cl)cc4Cl)s3)C2c2cccc(Br)c2)cc1. The molecule has 192 valence electrons. The molecule has 4 aromatic rings. The van der Waals surface area contributed by atoms with E-state index in [4.69, 9.17) is 23.2 Å². The first-order valence-corrected chi connectivity index (χ1v) is 14.6. The van der Waals surface area contributed by atoms with Crippen molar-refractivity contribution in [2.75, 3.05) is 4.90 Å². The molecule has 1 aliphatic heterocycles. The Bertz CT molecular complexity index is 1590. The van der Waals surface area contributed by atoms with E-state index in [1.54, 1.807) is 30.3 Å². The number of nitrogens with zero attached hydrogens (tertiary/aromatic N) is 3. The van der Waals surface area contributed by atoms with Crippen molar-refractivity contribution in [1.29, 1.82) is 0 Å². The van der Waals surface area contributed by atoms with Gasteiger partial charge in [0.25, 0.3) is 5.78 Å². The number of hydrogen-bond acceptors (Lipinski definition) is 7. The molecule has 0 bridgehead atoms. The molecule has 2 heterocycles. The molecule has 0 saturated carbocycles. The Morgan fingerprint density at radius 2 is 1.84 bits per heavy atom. The van der Waals surface area contributed by atoms with Gasteiger partial charge in [-0.3, -0.25) is 14.5 Å². The Hall–Kier alpha value is -2.69. The van der Waals surface area contributed by atoms with Gasteiger partial charge in [0, 0.05) is 25.8 Å². The van der Waals surface area contributed by atoms with Crippen LogP contribution in [0.25, 0.3) is 5.76 Å². The summed E-state index contributed by atoms with van der Waals surface area (Å²) in [6.45, 7) is 1.93. The summed E-state index contributed by atoms with van der Waals surface area (Å²) in [5, 5.41) is 21.1. The van der Waals surface area contributed by atoms with Gasteiger partial charge in [0.05, 0.1) is 11.6 Å². The molecule has 11 heteroatoms. The summed E-state index contributed by atoms with van der Waals surface area (Å²) < 4.78 is 1.36. The Balaban J connectivity index is 1.53. The van der Waals surface area contributed by atoms with Crippen molar-refractivity contribution in [3.63, 3.8) is 0 Å². The predicted octanol–water partition coefficient (Wildman–Crippen LogP) is 7.83. The summed E-state index contributed by atoms with van der Waals surface area (Å²) in [5.41, 5.74) is 2.97. The van der Waals surface area contributed by atoms with Crippen molar-refractivity contribution >= 4 is 84.8 Å². The van der Waals surface area contributed by atoms with Gasteiger partial charge in [-0.1, -0.05) is 110 Å². The van der Waals surface area contributed by atoms with E-state index in [0.717, 1.165) is 15.6 Å². The molecule has 0 aliphatic carbocycles. The van der Waals surface area contributed by atoms with Crippen molar-refractivity contribution in [3.05, 3.63) is 109 Å². The number of rotatable bonds is 6. The maximum Gasteiger partial charge on any atom is 0.301 e. The number of carbonyl (C=O) groups is 2. The number of aryl methyl sites for hydroxylation is 1. The summed E-state index contributed by atoms with van der Waals surface area (Å²) in [5.74, 6) is -1.29. The van der Waals surface area contributed by atoms with Gasteiger partial charge in [0.1, 0.15) is 5.76 Å². The summed E-state index contributed by atoms with van der Waals surface area (Å²) >= 11 is 18.3. The molecule has 0 radical (unpaired) electrons. The molecule has 1 N–H and O–H groups in total. The van der Waals surface area contributed by atoms with Crippen LogP contribution in [0.3, 0.4) is 0 Å². The highest BCUT2D eigenvalue weighted by molar-refractivity contribution is 9.10. The molecular formula is C27H18BrCl2N3O3S2. The Kier molecular flexibility index (Phi) is 7.93. The van der Waals surface area contributed by atoms with Gasteiger partial charge in [-0.05, 0) is 42.3 Å². The lowest BCUT2D eigenvalue weighted by Crippen LogP contribution is -2.29. The van der Waals surface area contributed by atoms with Crippen LogP contribution in [0.5, 0.6) is 0 Å². The van der Waals surface area contributed by atoms with Crippen LogP contribution in [0, 0.1) is 6.92 Å². The Morgan fingerprint density at radius 3 is 2.55 bits per heavy atom. The molecule has 6 nitrogen and oxygen atoms in total. The van der Waals surface area contributed by atoms with Crippen molar-refractivity contribution in [1.82, 2.24) is 10.2 Å². The van der Waals surface area contributed by atoms with Gasteiger partial charge in [-0.15, -0.1) is 10.2 Å². The fraction of sp³-hybridized carbons (Fsp3) is 0.111. The van der Waals surface area contributed by atoms with Crippen LogP contribution < -0.4 is 4.90 Å². The number of carbonyl (C=O) groups excluding carboxylic acids is 2. The van der Waals surface area contributed by atoms with E-state index in [0.29, 0.717) is 31.3 Å². The third-order valence-electron chi connectivity index (χ3n) is 5.90. The van der Waals surface area contributed by atoms with Gasteiger partial charge >= 0.3 is 5.91 Å². The van der Waals surface area contributed by atoms with E-state index >= 15 is 0 Å². The predicted molar refractivity (Wildman–Crippen MR) is 156 cm³/mol. The zero-order valence-electron chi connectivity index (χ0n) is 19.7. The number of anilines is 1. The fourth-order valence-corrected chi connectivity index (χ4v) is 6.87. The number of ketones is 1. The van der Waals surface area contributed by atoms with Crippen LogP contribution in [0.1, 0.15) is 28.3 Å². The summed E-state index contributed by atoms with van der Waals surface area (Å²) in [6.07, 6.45) is 0. The molecule has 1 unspecified atom stereocenters. The number of aliphatic hydroxyl groups excluding tert-OH is 1. The molecule has 0 spiro atoms. The van der Waals surface area contributed by atoms with Gasteiger partial charge in [0.15, 0.2) is 4.34 Å². The fourth-order valence-electron chi connectivity index (χ4n) is 4.03. The smallest absolute Gasteiger partial charge is 0.301 e. The van der Waals surface area contributed by atoms with E-state index in [1.807, 2.05) is 43.3 Å². The van der Waals surface area contributed by atoms with Crippen LogP contribution in [0.2, 0.25) is 10.0 Å². The maximum atomic E-state index is 13.4. The molecule has 1 amide bonds. The van der Waals surface area contributed by atoms with E-state index in [9.17, 15) is 14.7 Å². The van der Waals surface area contributed by atoms with Crippen molar-refractivity contribution in [3.8, 4) is 0 Å². The third kappa shape index (κ3) is 5.39. The molecular weight excluding hydrogens is 629 g/mol. The number of aromatic nitrogens is 2. The Morgan fingerprint density at radius 1 is 1.08 bits per heavy atom. The van der Waals surface area contributed by atoms with Crippen LogP contribution >= 0.6 is 62.2 Å². The monoisotopic (exact) mass is 645 g/mol.